The van der Waals surface area contributed by atoms with E-state index >= 15 is 0 Å². The fourth-order valence-electron chi connectivity index (χ4n) is 4.74. The summed E-state index contributed by atoms with van der Waals surface area (Å²) in [5.74, 6) is 2.34. The number of nitrogens with zero attached hydrogens (tertiary/aromatic N) is 2. The quantitative estimate of drug-likeness (QED) is 0.187. The van der Waals surface area contributed by atoms with Gasteiger partial charge in [-0.15, -0.1) is 46.4 Å². The van der Waals surface area contributed by atoms with Gasteiger partial charge in [0.1, 0.15) is 0 Å². The predicted molar refractivity (Wildman–Crippen MR) is 164 cm³/mol. The molecule has 0 unspecified atom stereocenters. The number of halogens is 4. The summed E-state index contributed by atoms with van der Waals surface area (Å²) in [6.07, 6.45) is 6.69. The normalized spacial score (nSPS) is 16.0. The molecule has 0 aliphatic heterocycles. The summed E-state index contributed by atoms with van der Waals surface area (Å²) in [6, 6.07) is 12.7. The van der Waals surface area contributed by atoms with E-state index < -0.39 is 0 Å². The number of anilines is 2. The Morgan fingerprint density at radius 1 is 0.676 bits per heavy atom. The molecular weight excluding hydrogens is 546 g/mol. The molecule has 1 fully saturated rings. The molecule has 1 aliphatic carbocycles. The monoisotopic (exact) mass is 580 g/mol. The minimum Gasteiger partial charge on any atom is -0.369 e. The van der Waals surface area contributed by atoms with Crippen LogP contribution < -0.4 is 9.80 Å². The number of carbonyl (C=O) groups is 1. The van der Waals surface area contributed by atoms with Crippen LogP contribution in [-0.4, -0.2) is 55.5 Å². The van der Waals surface area contributed by atoms with Crippen molar-refractivity contribution in [2.75, 3.05) is 59.5 Å². The lowest BCUT2D eigenvalue weighted by Crippen LogP contribution is -2.27. The second-order valence-corrected chi connectivity index (χ2v) is 10.8. The third kappa shape index (κ3) is 8.17. The number of ketones is 1. The summed E-state index contributed by atoms with van der Waals surface area (Å²) in [5.41, 5.74) is 8.36. The SMILES string of the molecule is Cc1cc(N(CCCl)CCCl)ccc1/C=C1\CCC/C(=C\c2ccc(N(CCCl)CCCl)cc2C)C1=O. The molecule has 0 saturated heterocycles. The number of rotatable bonds is 12. The van der Waals surface area contributed by atoms with E-state index in [0.717, 1.165) is 90.2 Å². The van der Waals surface area contributed by atoms with E-state index in [9.17, 15) is 4.79 Å². The molecule has 7 heteroatoms. The number of carbonyl (C=O) groups excluding carboxylic acids is 1. The van der Waals surface area contributed by atoms with Crippen LogP contribution in [0, 0.1) is 13.8 Å². The van der Waals surface area contributed by atoms with Crippen molar-refractivity contribution in [2.45, 2.75) is 33.1 Å². The fraction of sp³-hybridized carbons (Fsp3) is 0.433. The number of benzene rings is 2. The molecule has 1 saturated carbocycles. The van der Waals surface area contributed by atoms with E-state index in [1.165, 1.54) is 0 Å². The number of allylic oxidation sites excluding steroid dienone is 2. The molecule has 0 spiro atoms. The molecule has 0 bridgehead atoms. The smallest absolute Gasteiger partial charge is 0.185 e. The Hall–Kier alpha value is -1.65. The van der Waals surface area contributed by atoms with Crippen LogP contribution in [0.1, 0.15) is 41.5 Å². The van der Waals surface area contributed by atoms with E-state index in [2.05, 4.69) is 72.2 Å². The molecule has 0 radical (unpaired) electrons. The van der Waals surface area contributed by atoms with Gasteiger partial charge < -0.3 is 9.80 Å². The second kappa shape index (κ2) is 15.1. The highest BCUT2D eigenvalue weighted by Gasteiger charge is 2.21. The zero-order valence-electron chi connectivity index (χ0n) is 21.7. The molecule has 0 aromatic heterocycles. The summed E-state index contributed by atoms with van der Waals surface area (Å²) in [4.78, 5) is 17.8. The lowest BCUT2D eigenvalue weighted by atomic mass is 9.86. The third-order valence-corrected chi connectivity index (χ3v) is 7.47. The van der Waals surface area contributed by atoms with Crippen molar-refractivity contribution in [3.05, 3.63) is 69.8 Å². The summed E-state index contributed by atoms with van der Waals surface area (Å²) >= 11 is 23.9. The number of alkyl halides is 4. The van der Waals surface area contributed by atoms with Gasteiger partial charge in [-0.1, -0.05) is 12.1 Å². The van der Waals surface area contributed by atoms with E-state index in [0.29, 0.717) is 23.5 Å². The molecular formula is C30H36Cl4N2O. The van der Waals surface area contributed by atoms with Crippen molar-refractivity contribution >= 4 is 75.7 Å². The first-order chi connectivity index (χ1) is 17.9. The molecule has 37 heavy (non-hydrogen) atoms. The zero-order valence-corrected chi connectivity index (χ0v) is 24.7. The van der Waals surface area contributed by atoms with Gasteiger partial charge in [0.05, 0.1) is 0 Å². The van der Waals surface area contributed by atoms with Crippen molar-refractivity contribution < 1.29 is 4.79 Å². The molecule has 0 heterocycles. The van der Waals surface area contributed by atoms with E-state index in [1.807, 2.05) is 0 Å². The van der Waals surface area contributed by atoms with Crippen LogP contribution in [0.5, 0.6) is 0 Å². The average Bonchev–Trinajstić information content (AvgIpc) is 2.88. The standard InChI is InChI=1S/C30H36Cl4N2O/c1-22-18-28(35(14-10-31)15-11-32)8-6-24(22)20-26-4-3-5-27(30(26)37)21-25-7-9-29(19-23(25)2)36(16-12-33)17-13-34/h6-9,18-21H,3-5,10-17H2,1-2H3/b26-20+,27-21+. The third-order valence-electron chi connectivity index (χ3n) is 6.79. The topological polar surface area (TPSA) is 23.6 Å². The van der Waals surface area contributed by atoms with E-state index in [-0.39, 0.29) is 5.78 Å². The van der Waals surface area contributed by atoms with Gasteiger partial charge in [-0.25, -0.2) is 0 Å². The van der Waals surface area contributed by atoms with Gasteiger partial charge in [-0.3, -0.25) is 4.79 Å². The number of Topliss-reactive ketones (excluding diaryl/α,β-unsaturated/α-hetero) is 1. The summed E-state index contributed by atoms with van der Waals surface area (Å²) in [5, 5.41) is 0. The van der Waals surface area contributed by atoms with Gasteiger partial charge in [0.25, 0.3) is 0 Å². The molecule has 2 aromatic rings. The Balaban J connectivity index is 1.82. The number of hydrogen-bond donors (Lipinski definition) is 0. The number of hydrogen-bond acceptors (Lipinski definition) is 3. The Morgan fingerprint density at radius 3 is 1.38 bits per heavy atom. The van der Waals surface area contributed by atoms with Gasteiger partial charge in [0, 0.05) is 72.2 Å². The minimum absolute atomic E-state index is 0.148. The highest BCUT2D eigenvalue weighted by atomic mass is 35.5. The Kier molecular flexibility index (Phi) is 12.2. The van der Waals surface area contributed by atoms with Crippen LogP contribution in [0.25, 0.3) is 12.2 Å². The highest BCUT2D eigenvalue weighted by molar-refractivity contribution is 6.19. The number of aryl methyl sites for hydroxylation is 2. The van der Waals surface area contributed by atoms with Crippen molar-refractivity contribution in [2.24, 2.45) is 0 Å². The van der Waals surface area contributed by atoms with Gasteiger partial charge in [0.2, 0.25) is 0 Å². The van der Waals surface area contributed by atoms with Crippen molar-refractivity contribution in [3.63, 3.8) is 0 Å². The fourth-order valence-corrected chi connectivity index (χ4v) is 5.55. The van der Waals surface area contributed by atoms with E-state index in [4.69, 9.17) is 46.4 Å². The average molecular weight is 582 g/mol. The van der Waals surface area contributed by atoms with Crippen LogP contribution >= 0.6 is 46.4 Å². The Labute approximate surface area is 242 Å². The Bertz CT molecular complexity index is 1030. The predicted octanol–water partition coefficient (Wildman–Crippen LogP) is 8.09. The summed E-state index contributed by atoms with van der Waals surface area (Å²) in [6.45, 7) is 7.17. The van der Waals surface area contributed by atoms with Crippen molar-refractivity contribution in [1.29, 1.82) is 0 Å². The van der Waals surface area contributed by atoms with Crippen LogP contribution in [0.3, 0.4) is 0 Å². The maximum absolute atomic E-state index is 13.4. The highest BCUT2D eigenvalue weighted by Crippen LogP contribution is 2.31. The summed E-state index contributed by atoms with van der Waals surface area (Å²) in [7, 11) is 0. The van der Waals surface area contributed by atoms with Crippen molar-refractivity contribution in [1.82, 2.24) is 0 Å². The van der Waals surface area contributed by atoms with Crippen LogP contribution in [-0.2, 0) is 4.79 Å². The molecule has 1 aliphatic rings. The van der Waals surface area contributed by atoms with Crippen LogP contribution in [0.15, 0.2) is 47.5 Å². The molecule has 3 nitrogen and oxygen atoms in total. The van der Waals surface area contributed by atoms with Crippen molar-refractivity contribution in [3.8, 4) is 0 Å². The first kappa shape index (κ1) is 29.9. The molecule has 0 N–H and O–H groups in total. The maximum Gasteiger partial charge on any atom is 0.185 e. The summed E-state index contributed by atoms with van der Waals surface area (Å²) < 4.78 is 0. The first-order valence-electron chi connectivity index (χ1n) is 12.8. The maximum atomic E-state index is 13.4. The minimum atomic E-state index is 0.148. The molecule has 2 aromatic carbocycles. The first-order valence-corrected chi connectivity index (χ1v) is 15.0. The van der Waals surface area contributed by atoms with Crippen LogP contribution in [0.4, 0.5) is 11.4 Å². The Morgan fingerprint density at radius 2 is 1.05 bits per heavy atom. The molecule has 0 atom stereocenters. The van der Waals surface area contributed by atoms with E-state index in [1.54, 1.807) is 0 Å². The zero-order chi connectivity index (χ0) is 26.8. The molecule has 0 amide bonds. The second-order valence-electron chi connectivity index (χ2n) is 9.33. The van der Waals surface area contributed by atoms with Gasteiger partial charge in [-0.2, -0.15) is 0 Å². The van der Waals surface area contributed by atoms with Gasteiger partial charge in [-0.05, 0) is 91.8 Å². The lowest BCUT2D eigenvalue weighted by Gasteiger charge is -2.24. The molecule has 200 valence electrons. The van der Waals surface area contributed by atoms with Gasteiger partial charge >= 0.3 is 0 Å². The largest absolute Gasteiger partial charge is 0.369 e. The molecule has 3 rings (SSSR count). The van der Waals surface area contributed by atoms with Crippen LogP contribution in [0.2, 0.25) is 0 Å². The lowest BCUT2D eigenvalue weighted by molar-refractivity contribution is -0.112. The van der Waals surface area contributed by atoms with Gasteiger partial charge in [0.15, 0.2) is 5.78 Å².